The number of hydrogen-bond acceptors (Lipinski definition) is 6. The van der Waals surface area contributed by atoms with E-state index in [0.29, 0.717) is 37.6 Å². The summed E-state index contributed by atoms with van der Waals surface area (Å²) >= 11 is 0. The minimum Gasteiger partial charge on any atom is -0.495 e. The van der Waals surface area contributed by atoms with Crippen molar-refractivity contribution < 1.29 is 27.1 Å². The molecule has 9 heteroatoms. The van der Waals surface area contributed by atoms with Crippen molar-refractivity contribution in [3.8, 4) is 5.75 Å². The van der Waals surface area contributed by atoms with Gasteiger partial charge in [0, 0.05) is 19.2 Å². The van der Waals surface area contributed by atoms with Gasteiger partial charge in [0.15, 0.2) is 0 Å². The molecule has 1 fully saturated rings. The molecule has 0 saturated carbocycles. The van der Waals surface area contributed by atoms with Crippen LogP contribution in [0.25, 0.3) is 6.08 Å². The second kappa shape index (κ2) is 9.05. The lowest BCUT2D eigenvalue weighted by atomic mass is 10.2. The van der Waals surface area contributed by atoms with E-state index in [1.807, 2.05) is 0 Å². The molecule has 1 aromatic heterocycles. The Kier molecular flexibility index (Phi) is 6.50. The Morgan fingerprint density at radius 3 is 2.75 bits per heavy atom. The van der Waals surface area contributed by atoms with E-state index in [4.69, 9.17) is 13.9 Å². The summed E-state index contributed by atoms with van der Waals surface area (Å²) in [6, 6.07) is 8.27. The lowest BCUT2D eigenvalue weighted by Gasteiger charge is -2.26. The maximum atomic E-state index is 13.0. The average molecular weight is 406 g/mol. The molecular weight excluding hydrogens is 384 g/mol. The Hall–Kier alpha value is -2.62. The highest BCUT2D eigenvalue weighted by atomic mass is 32.2. The van der Waals surface area contributed by atoms with E-state index in [2.05, 4.69) is 5.32 Å². The topological polar surface area (TPSA) is 98.1 Å². The molecule has 8 nitrogen and oxygen atoms in total. The van der Waals surface area contributed by atoms with E-state index in [9.17, 15) is 13.2 Å². The molecule has 2 aromatic rings. The summed E-state index contributed by atoms with van der Waals surface area (Å²) in [4.78, 5) is 12.0. The van der Waals surface area contributed by atoms with Crippen LogP contribution in [0.15, 0.2) is 52.0 Å². The highest BCUT2D eigenvalue weighted by Crippen LogP contribution is 2.28. The molecular formula is C19H22N2O6S. The van der Waals surface area contributed by atoms with Crippen LogP contribution in [0.3, 0.4) is 0 Å². The van der Waals surface area contributed by atoms with Crippen LogP contribution in [0.4, 0.5) is 0 Å². The first-order chi connectivity index (χ1) is 13.5. The third-order valence-corrected chi connectivity index (χ3v) is 6.14. The number of benzene rings is 1. The number of sulfonamides is 1. The molecule has 0 spiro atoms. The molecule has 1 N–H and O–H groups in total. The van der Waals surface area contributed by atoms with Crippen molar-refractivity contribution in [1.29, 1.82) is 0 Å². The molecule has 1 aromatic carbocycles. The van der Waals surface area contributed by atoms with Crippen LogP contribution in [0.5, 0.6) is 5.75 Å². The van der Waals surface area contributed by atoms with Gasteiger partial charge in [0.2, 0.25) is 15.9 Å². The summed E-state index contributed by atoms with van der Waals surface area (Å²) in [5, 5.41) is 2.69. The van der Waals surface area contributed by atoms with E-state index in [1.54, 1.807) is 30.3 Å². The van der Waals surface area contributed by atoms with E-state index in [1.165, 1.54) is 29.8 Å². The second-order valence-electron chi connectivity index (χ2n) is 6.06. The van der Waals surface area contributed by atoms with Gasteiger partial charge in [-0.05, 0) is 35.9 Å². The lowest BCUT2D eigenvalue weighted by Crippen LogP contribution is -2.40. The van der Waals surface area contributed by atoms with Gasteiger partial charge in [-0.1, -0.05) is 6.07 Å². The van der Waals surface area contributed by atoms with Gasteiger partial charge in [-0.15, -0.1) is 0 Å². The predicted octanol–water partition coefficient (Wildman–Crippen LogP) is 1.64. The summed E-state index contributed by atoms with van der Waals surface area (Å²) in [5.41, 5.74) is 0.570. The number of morpholine rings is 1. The van der Waals surface area contributed by atoms with Crippen LogP contribution >= 0.6 is 0 Å². The van der Waals surface area contributed by atoms with Crippen LogP contribution in [-0.2, 0) is 26.1 Å². The minimum absolute atomic E-state index is 0.0649. The van der Waals surface area contributed by atoms with Crippen molar-refractivity contribution in [3.05, 3.63) is 54.0 Å². The monoisotopic (exact) mass is 406 g/mol. The number of carbonyl (C=O) groups excluding carboxylic acids is 1. The molecule has 0 aliphatic carbocycles. The van der Waals surface area contributed by atoms with Crippen molar-refractivity contribution in [2.24, 2.45) is 0 Å². The Morgan fingerprint density at radius 2 is 2.07 bits per heavy atom. The standard InChI is InChI=1S/C19H22N2O6S/c1-25-17-6-4-15(5-7-19(22)20-14-16-3-2-10-27-16)13-18(17)28(23,24)21-8-11-26-12-9-21/h2-7,10,13H,8-9,11-12,14H2,1H3,(H,20,22)/b7-5+. The molecule has 0 bridgehead atoms. The van der Waals surface area contributed by atoms with Crippen LogP contribution in [-0.4, -0.2) is 52.0 Å². The van der Waals surface area contributed by atoms with Gasteiger partial charge in [0.25, 0.3) is 0 Å². The van der Waals surface area contributed by atoms with Gasteiger partial charge in [-0.3, -0.25) is 4.79 Å². The second-order valence-corrected chi connectivity index (χ2v) is 7.96. The SMILES string of the molecule is COc1ccc(/C=C/C(=O)NCc2ccco2)cc1S(=O)(=O)N1CCOCC1. The first-order valence-electron chi connectivity index (χ1n) is 8.75. The van der Waals surface area contributed by atoms with Gasteiger partial charge < -0.3 is 19.2 Å². The number of ether oxygens (including phenoxy) is 2. The fourth-order valence-corrected chi connectivity index (χ4v) is 4.34. The number of hydrogen-bond donors (Lipinski definition) is 1. The lowest BCUT2D eigenvalue weighted by molar-refractivity contribution is -0.116. The normalized spacial score (nSPS) is 15.6. The zero-order chi connectivity index (χ0) is 20.0. The molecule has 1 saturated heterocycles. The first kappa shape index (κ1) is 20.1. The molecule has 28 heavy (non-hydrogen) atoms. The minimum atomic E-state index is -3.72. The van der Waals surface area contributed by atoms with Crippen LogP contribution < -0.4 is 10.1 Å². The summed E-state index contributed by atoms with van der Waals surface area (Å²) in [6.07, 6.45) is 4.43. The van der Waals surface area contributed by atoms with Crippen molar-refractivity contribution in [2.45, 2.75) is 11.4 Å². The Labute approximate surface area is 163 Å². The van der Waals surface area contributed by atoms with Gasteiger partial charge in [-0.25, -0.2) is 8.42 Å². The molecule has 1 aliphatic heterocycles. The third-order valence-electron chi connectivity index (χ3n) is 4.22. The summed E-state index contributed by atoms with van der Waals surface area (Å²) in [7, 11) is -2.30. The third kappa shape index (κ3) is 4.80. The summed E-state index contributed by atoms with van der Waals surface area (Å²) in [5.74, 6) is 0.584. The first-order valence-corrected chi connectivity index (χ1v) is 10.2. The van der Waals surface area contributed by atoms with Crippen molar-refractivity contribution in [1.82, 2.24) is 9.62 Å². The molecule has 3 rings (SSSR count). The quantitative estimate of drug-likeness (QED) is 0.702. The maximum absolute atomic E-state index is 13.0. The Bertz CT molecular complexity index is 931. The number of amides is 1. The van der Waals surface area contributed by atoms with Crippen LogP contribution in [0.1, 0.15) is 11.3 Å². The summed E-state index contributed by atoms with van der Waals surface area (Å²) in [6.45, 7) is 1.57. The van der Waals surface area contributed by atoms with Gasteiger partial charge in [0.1, 0.15) is 16.4 Å². The number of nitrogens with one attached hydrogen (secondary N) is 1. The Morgan fingerprint density at radius 1 is 1.29 bits per heavy atom. The average Bonchev–Trinajstić information content (AvgIpc) is 3.25. The smallest absolute Gasteiger partial charge is 0.246 e. The van der Waals surface area contributed by atoms with Crippen LogP contribution in [0, 0.1) is 0 Å². The van der Waals surface area contributed by atoms with Gasteiger partial charge >= 0.3 is 0 Å². The molecule has 2 heterocycles. The van der Waals surface area contributed by atoms with E-state index in [0.717, 1.165) is 0 Å². The predicted molar refractivity (Wildman–Crippen MR) is 102 cm³/mol. The number of carbonyl (C=O) groups is 1. The zero-order valence-corrected chi connectivity index (χ0v) is 16.3. The van der Waals surface area contributed by atoms with Crippen molar-refractivity contribution in [2.75, 3.05) is 33.4 Å². The molecule has 1 aliphatic rings. The number of furan rings is 1. The van der Waals surface area contributed by atoms with Gasteiger partial charge in [-0.2, -0.15) is 4.31 Å². The molecule has 0 unspecified atom stereocenters. The zero-order valence-electron chi connectivity index (χ0n) is 15.5. The molecule has 0 atom stereocenters. The fraction of sp³-hybridized carbons (Fsp3) is 0.316. The van der Waals surface area contributed by atoms with E-state index >= 15 is 0 Å². The highest BCUT2D eigenvalue weighted by Gasteiger charge is 2.29. The number of nitrogens with zero attached hydrogens (tertiary/aromatic N) is 1. The van der Waals surface area contributed by atoms with Crippen molar-refractivity contribution in [3.63, 3.8) is 0 Å². The van der Waals surface area contributed by atoms with E-state index < -0.39 is 10.0 Å². The maximum Gasteiger partial charge on any atom is 0.246 e. The highest BCUT2D eigenvalue weighted by molar-refractivity contribution is 7.89. The van der Waals surface area contributed by atoms with Crippen LogP contribution in [0.2, 0.25) is 0 Å². The van der Waals surface area contributed by atoms with Crippen molar-refractivity contribution >= 4 is 22.0 Å². The Balaban J connectivity index is 1.75. The van der Waals surface area contributed by atoms with E-state index in [-0.39, 0.29) is 23.1 Å². The summed E-state index contributed by atoms with van der Waals surface area (Å²) < 4.78 is 42.9. The largest absolute Gasteiger partial charge is 0.495 e. The number of methoxy groups -OCH3 is 1. The molecule has 1 amide bonds. The van der Waals surface area contributed by atoms with Gasteiger partial charge in [0.05, 0.1) is 33.1 Å². The molecule has 0 radical (unpaired) electrons. The fourth-order valence-electron chi connectivity index (χ4n) is 2.74. The number of rotatable bonds is 7. The molecule has 150 valence electrons.